The number of nitrogens with zero attached hydrogens (tertiary/aromatic N) is 2. The largest absolute Gasteiger partial charge is 0.341 e. The van der Waals surface area contributed by atoms with Crippen LogP contribution in [0.15, 0.2) is 24.3 Å². The van der Waals surface area contributed by atoms with Gasteiger partial charge in [0.1, 0.15) is 0 Å². The van der Waals surface area contributed by atoms with Gasteiger partial charge >= 0.3 is 0 Å². The minimum absolute atomic E-state index is 0.178. The predicted molar refractivity (Wildman–Crippen MR) is 89.0 cm³/mol. The normalized spacial score (nSPS) is 17.9. The fourth-order valence-electron chi connectivity index (χ4n) is 3.28. The van der Waals surface area contributed by atoms with E-state index in [1.807, 2.05) is 37.1 Å². The van der Waals surface area contributed by atoms with Crippen molar-refractivity contribution in [2.24, 2.45) is 0 Å². The molecular formula is C18H23N3O. The van der Waals surface area contributed by atoms with Gasteiger partial charge in [0.25, 0.3) is 0 Å². The monoisotopic (exact) mass is 297 g/mol. The smallest absolute Gasteiger partial charge is 0.227 e. The van der Waals surface area contributed by atoms with E-state index >= 15 is 0 Å². The Bertz CT molecular complexity index is 705. The third kappa shape index (κ3) is 2.71. The summed E-state index contributed by atoms with van der Waals surface area (Å²) < 4.78 is 0. The van der Waals surface area contributed by atoms with E-state index in [2.05, 4.69) is 23.3 Å². The molecule has 116 valence electrons. The van der Waals surface area contributed by atoms with E-state index in [1.54, 1.807) is 0 Å². The van der Waals surface area contributed by atoms with Crippen LogP contribution in [0.3, 0.4) is 0 Å². The van der Waals surface area contributed by atoms with Crippen molar-refractivity contribution >= 4 is 16.8 Å². The highest BCUT2D eigenvalue weighted by Gasteiger charge is 2.24. The van der Waals surface area contributed by atoms with Crippen LogP contribution in [0.4, 0.5) is 0 Å². The van der Waals surface area contributed by atoms with Crippen molar-refractivity contribution < 1.29 is 4.79 Å². The highest BCUT2D eigenvalue weighted by molar-refractivity contribution is 5.86. The number of fused-ring (bicyclic) bond motifs is 1. The molecule has 1 N–H and O–H groups in total. The Kier molecular flexibility index (Phi) is 4.12. The molecule has 1 aliphatic rings. The van der Waals surface area contributed by atoms with Crippen LogP contribution < -0.4 is 5.32 Å². The van der Waals surface area contributed by atoms with E-state index in [-0.39, 0.29) is 5.91 Å². The quantitative estimate of drug-likeness (QED) is 0.945. The minimum atomic E-state index is 0.178. The maximum atomic E-state index is 12.6. The topological polar surface area (TPSA) is 45.2 Å². The lowest BCUT2D eigenvalue weighted by Gasteiger charge is -2.24. The summed E-state index contributed by atoms with van der Waals surface area (Å²) in [4.78, 5) is 19.2. The summed E-state index contributed by atoms with van der Waals surface area (Å²) in [5.41, 5.74) is 4.21. The zero-order valence-corrected chi connectivity index (χ0v) is 13.5. The summed E-state index contributed by atoms with van der Waals surface area (Å²) in [7, 11) is 1.92. The summed E-state index contributed by atoms with van der Waals surface area (Å²) in [6, 6.07) is 8.45. The van der Waals surface area contributed by atoms with Gasteiger partial charge < -0.3 is 10.2 Å². The average Bonchev–Trinajstić information content (AvgIpc) is 3.04. The van der Waals surface area contributed by atoms with Gasteiger partial charge in [-0.25, -0.2) is 0 Å². The van der Waals surface area contributed by atoms with Crippen molar-refractivity contribution in [2.45, 2.75) is 32.7 Å². The lowest BCUT2D eigenvalue weighted by atomic mass is 9.99. The first kappa shape index (κ1) is 15.0. The summed E-state index contributed by atoms with van der Waals surface area (Å²) in [6.07, 6.45) is 1.47. The van der Waals surface area contributed by atoms with Gasteiger partial charge in [-0.15, -0.1) is 0 Å². The maximum Gasteiger partial charge on any atom is 0.227 e. The second kappa shape index (κ2) is 6.05. The Labute approximate surface area is 131 Å². The van der Waals surface area contributed by atoms with Gasteiger partial charge in [-0.05, 0) is 44.0 Å². The van der Waals surface area contributed by atoms with Crippen LogP contribution in [-0.4, -0.2) is 42.0 Å². The number of likely N-dealkylation sites (N-methyl/N-ethyl adjacent to an activating group) is 1. The first-order chi connectivity index (χ1) is 10.6. The van der Waals surface area contributed by atoms with E-state index in [0.717, 1.165) is 41.7 Å². The van der Waals surface area contributed by atoms with Crippen LogP contribution in [0.25, 0.3) is 10.9 Å². The number of rotatable bonds is 3. The summed E-state index contributed by atoms with van der Waals surface area (Å²) in [6.45, 7) is 5.99. The molecule has 2 aromatic rings. The maximum absolute atomic E-state index is 12.6. The van der Waals surface area contributed by atoms with E-state index < -0.39 is 0 Å². The molecule has 1 amide bonds. The van der Waals surface area contributed by atoms with E-state index in [0.29, 0.717) is 12.5 Å². The number of benzene rings is 1. The van der Waals surface area contributed by atoms with Crippen LogP contribution in [0.5, 0.6) is 0 Å². The molecule has 0 bridgehead atoms. The van der Waals surface area contributed by atoms with Crippen molar-refractivity contribution in [1.29, 1.82) is 0 Å². The number of hydrogen-bond donors (Lipinski definition) is 1. The number of carbonyl (C=O) groups is 1. The Morgan fingerprint density at radius 3 is 2.86 bits per heavy atom. The first-order valence-electron chi connectivity index (χ1n) is 7.89. The number of para-hydroxylation sites is 1. The van der Waals surface area contributed by atoms with Gasteiger partial charge in [0.15, 0.2) is 0 Å². The van der Waals surface area contributed by atoms with E-state index in [1.165, 1.54) is 5.56 Å². The Balaban J connectivity index is 1.88. The Morgan fingerprint density at radius 1 is 1.36 bits per heavy atom. The van der Waals surface area contributed by atoms with E-state index in [9.17, 15) is 4.79 Å². The van der Waals surface area contributed by atoms with Gasteiger partial charge in [-0.2, -0.15) is 0 Å². The number of carbonyl (C=O) groups excluding carboxylic acids is 1. The van der Waals surface area contributed by atoms with Crippen molar-refractivity contribution in [3.8, 4) is 0 Å². The van der Waals surface area contributed by atoms with E-state index in [4.69, 9.17) is 0 Å². The van der Waals surface area contributed by atoms with Gasteiger partial charge in [0.05, 0.1) is 11.9 Å². The number of aromatic nitrogens is 1. The highest BCUT2D eigenvalue weighted by Crippen LogP contribution is 2.23. The van der Waals surface area contributed by atoms with Crippen LogP contribution in [0.1, 0.15) is 23.2 Å². The van der Waals surface area contributed by atoms with Crippen LogP contribution >= 0.6 is 0 Å². The molecule has 1 aliphatic heterocycles. The third-order valence-electron chi connectivity index (χ3n) is 4.79. The molecule has 1 atom stereocenters. The second-order valence-electron chi connectivity index (χ2n) is 6.15. The summed E-state index contributed by atoms with van der Waals surface area (Å²) >= 11 is 0. The predicted octanol–water partition coefficient (Wildman–Crippen LogP) is 2.21. The number of hydrogen-bond acceptors (Lipinski definition) is 3. The van der Waals surface area contributed by atoms with Crippen molar-refractivity contribution in [2.75, 3.05) is 20.1 Å². The molecule has 0 radical (unpaired) electrons. The van der Waals surface area contributed by atoms with Gasteiger partial charge in [-0.1, -0.05) is 18.2 Å². The lowest BCUT2D eigenvalue weighted by molar-refractivity contribution is -0.130. The molecule has 1 unspecified atom stereocenters. The first-order valence-corrected chi connectivity index (χ1v) is 7.89. The molecule has 4 heteroatoms. The molecule has 1 fully saturated rings. The molecule has 1 aromatic carbocycles. The van der Waals surface area contributed by atoms with Crippen molar-refractivity contribution in [1.82, 2.24) is 15.2 Å². The molecule has 1 saturated heterocycles. The Hall–Kier alpha value is -1.94. The fraction of sp³-hybridized carbons (Fsp3) is 0.444. The zero-order valence-electron chi connectivity index (χ0n) is 13.5. The second-order valence-corrected chi connectivity index (χ2v) is 6.15. The number of pyridine rings is 1. The molecule has 3 rings (SSSR count). The number of aryl methyl sites for hydroxylation is 2. The fourth-order valence-corrected chi connectivity index (χ4v) is 3.28. The minimum Gasteiger partial charge on any atom is -0.341 e. The van der Waals surface area contributed by atoms with Crippen molar-refractivity contribution in [3.63, 3.8) is 0 Å². The molecule has 0 spiro atoms. The number of nitrogens with one attached hydrogen (secondary N) is 1. The van der Waals surface area contributed by atoms with Gasteiger partial charge in [0.2, 0.25) is 5.91 Å². The molecule has 4 nitrogen and oxygen atoms in total. The molecular weight excluding hydrogens is 274 g/mol. The molecule has 22 heavy (non-hydrogen) atoms. The van der Waals surface area contributed by atoms with Gasteiger partial charge in [0, 0.05) is 30.7 Å². The lowest BCUT2D eigenvalue weighted by Crippen LogP contribution is -2.39. The SMILES string of the molecule is Cc1nc2ccccc2c(C)c1CC(=O)N(C)C1CCNC1. The molecule has 2 heterocycles. The zero-order chi connectivity index (χ0) is 15.7. The number of amides is 1. The van der Waals surface area contributed by atoms with Crippen molar-refractivity contribution in [3.05, 3.63) is 41.1 Å². The van der Waals surface area contributed by atoms with Crippen LogP contribution in [0, 0.1) is 13.8 Å². The molecule has 0 saturated carbocycles. The average molecular weight is 297 g/mol. The summed E-state index contributed by atoms with van der Waals surface area (Å²) in [5.74, 6) is 0.178. The molecule has 1 aromatic heterocycles. The molecule has 0 aliphatic carbocycles. The summed E-state index contributed by atoms with van der Waals surface area (Å²) in [5, 5.41) is 4.45. The standard InChI is InChI=1S/C18H23N3O/c1-12-15-6-4-5-7-17(15)20-13(2)16(12)10-18(22)21(3)14-8-9-19-11-14/h4-7,14,19H,8-11H2,1-3H3. The van der Waals surface area contributed by atoms with Crippen LogP contribution in [0.2, 0.25) is 0 Å². The highest BCUT2D eigenvalue weighted by atomic mass is 16.2. The third-order valence-corrected chi connectivity index (χ3v) is 4.79. The Morgan fingerprint density at radius 2 is 2.14 bits per heavy atom. The van der Waals surface area contributed by atoms with Crippen LogP contribution in [-0.2, 0) is 11.2 Å². The van der Waals surface area contributed by atoms with Gasteiger partial charge in [-0.3, -0.25) is 9.78 Å².